The predicted octanol–water partition coefficient (Wildman–Crippen LogP) is 0.972. The third-order valence-corrected chi connectivity index (χ3v) is 2.06. The van der Waals surface area contributed by atoms with Gasteiger partial charge in [0.25, 0.3) is 0 Å². The Morgan fingerprint density at radius 3 is 2.62 bits per heavy atom. The fraction of sp³-hybridized carbons (Fsp3) is 0.400. The van der Waals surface area contributed by atoms with Crippen LogP contribution in [0.3, 0.4) is 0 Å². The molecule has 72 valence electrons. The van der Waals surface area contributed by atoms with E-state index in [1.807, 2.05) is 26.1 Å². The molecule has 0 amide bonds. The number of rotatable bonds is 3. The Balaban J connectivity index is 2.88. The minimum absolute atomic E-state index is 0.643. The van der Waals surface area contributed by atoms with Crippen molar-refractivity contribution in [1.82, 2.24) is 0 Å². The maximum atomic E-state index is 5.87. The van der Waals surface area contributed by atoms with Gasteiger partial charge in [-0.15, -0.1) is 0 Å². The molecule has 3 nitrogen and oxygen atoms in total. The number of nitrogen functional groups attached to an aromatic ring is 1. The van der Waals surface area contributed by atoms with Gasteiger partial charge in [0, 0.05) is 20.1 Å². The van der Waals surface area contributed by atoms with Crippen molar-refractivity contribution in [2.45, 2.75) is 6.92 Å². The monoisotopic (exact) mass is 179 g/mol. The zero-order valence-corrected chi connectivity index (χ0v) is 8.25. The van der Waals surface area contributed by atoms with E-state index in [1.165, 1.54) is 5.56 Å². The lowest BCUT2D eigenvalue weighted by molar-refractivity contribution is 0.887. The Labute approximate surface area is 79.3 Å². The quantitative estimate of drug-likeness (QED) is 0.680. The molecule has 0 saturated heterocycles. The summed E-state index contributed by atoms with van der Waals surface area (Å²) < 4.78 is 0. The van der Waals surface area contributed by atoms with Crippen LogP contribution in [-0.2, 0) is 0 Å². The average Bonchev–Trinajstić information content (AvgIpc) is 2.04. The zero-order chi connectivity index (χ0) is 9.84. The fourth-order valence-electron chi connectivity index (χ4n) is 1.34. The highest BCUT2D eigenvalue weighted by atomic mass is 15.1. The summed E-state index contributed by atoms with van der Waals surface area (Å²) in [5, 5.41) is 0. The van der Waals surface area contributed by atoms with Gasteiger partial charge >= 0.3 is 0 Å². The van der Waals surface area contributed by atoms with E-state index in [0.717, 1.165) is 17.9 Å². The zero-order valence-electron chi connectivity index (χ0n) is 8.25. The van der Waals surface area contributed by atoms with Crippen LogP contribution in [0.1, 0.15) is 5.56 Å². The lowest BCUT2D eigenvalue weighted by atomic mass is 10.2. The number of aryl methyl sites for hydroxylation is 1. The lowest BCUT2D eigenvalue weighted by Crippen LogP contribution is -2.25. The van der Waals surface area contributed by atoms with E-state index in [4.69, 9.17) is 11.5 Å². The van der Waals surface area contributed by atoms with Crippen molar-refractivity contribution in [1.29, 1.82) is 0 Å². The Bertz CT molecular complexity index is 283. The second-order valence-corrected chi connectivity index (χ2v) is 3.27. The van der Waals surface area contributed by atoms with Crippen molar-refractivity contribution < 1.29 is 0 Å². The first kappa shape index (κ1) is 9.86. The summed E-state index contributed by atoms with van der Waals surface area (Å²) >= 11 is 0. The molecule has 4 N–H and O–H groups in total. The van der Waals surface area contributed by atoms with E-state index in [-0.39, 0.29) is 0 Å². The number of likely N-dealkylation sites (N-methyl/N-ethyl adjacent to an activating group) is 1. The molecule has 0 aliphatic rings. The molecule has 0 bridgehead atoms. The molecule has 0 aliphatic carbocycles. The van der Waals surface area contributed by atoms with E-state index in [0.29, 0.717) is 6.54 Å². The van der Waals surface area contributed by atoms with Crippen molar-refractivity contribution in [3.63, 3.8) is 0 Å². The summed E-state index contributed by atoms with van der Waals surface area (Å²) in [6.07, 6.45) is 0. The van der Waals surface area contributed by atoms with Crippen LogP contribution >= 0.6 is 0 Å². The van der Waals surface area contributed by atoms with Crippen molar-refractivity contribution in [2.24, 2.45) is 5.73 Å². The van der Waals surface area contributed by atoms with Gasteiger partial charge in [-0.25, -0.2) is 0 Å². The summed E-state index contributed by atoms with van der Waals surface area (Å²) in [6.45, 7) is 3.50. The highest BCUT2D eigenvalue weighted by Gasteiger charge is 2.03. The van der Waals surface area contributed by atoms with E-state index in [9.17, 15) is 0 Å². The molecule has 1 rings (SSSR count). The maximum absolute atomic E-state index is 5.87. The molecule has 1 aromatic rings. The summed E-state index contributed by atoms with van der Waals surface area (Å²) in [5.41, 5.74) is 14.4. The third-order valence-electron chi connectivity index (χ3n) is 2.06. The normalized spacial score (nSPS) is 10.1. The number of hydrogen-bond donors (Lipinski definition) is 2. The van der Waals surface area contributed by atoms with Crippen LogP contribution < -0.4 is 16.4 Å². The highest BCUT2D eigenvalue weighted by molar-refractivity contribution is 5.68. The summed E-state index contributed by atoms with van der Waals surface area (Å²) in [6, 6.07) is 6.06. The highest BCUT2D eigenvalue weighted by Crippen LogP contribution is 2.22. The largest absolute Gasteiger partial charge is 0.397 e. The molecule has 13 heavy (non-hydrogen) atoms. The van der Waals surface area contributed by atoms with Gasteiger partial charge < -0.3 is 16.4 Å². The Morgan fingerprint density at radius 1 is 1.38 bits per heavy atom. The van der Waals surface area contributed by atoms with E-state index in [1.54, 1.807) is 0 Å². The van der Waals surface area contributed by atoms with E-state index in [2.05, 4.69) is 11.0 Å². The summed E-state index contributed by atoms with van der Waals surface area (Å²) in [4.78, 5) is 2.06. The smallest absolute Gasteiger partial charge is 0.0597 e. The number of anilines is 2. The second-order valence-electron chi connectivity index (χ2n) is 3.27. The van der Waals surface area contributed by atoms with Crippen LogP contribution in [0.4, 0.5) is 11.4 Å². The topological polar surface area (TPSA) is 55.3 Å². The molecule has 0 aliphatic heterocycles. The first-order valence-electron chi connectivity index (χ1n) is 4.42. The minimum atomic E-state index is 0.643. The molecule has 0 heterocycles. The van der Waals surface area contributed by atoms with E-state index < -0.39 is 0 Å². The Morgan fingerprint density at radius 2 is 2.08 bits per heavy atom. The molecule has 0 atom stereocenters. The summed E-state index contributed by atoms with van der Waals surface area (Å²) in [7, 11) is 1.99. The predicted molar refractivity (Wildman–Crippen MR) is 57.9 cm³/mol. The fourth-order valence-corrected chi connectivity index (χ4v) is 1.34. The van der Waals surface area contributed by atoms with Crippen molar-refractivity contribution in [2.75, 3.05) is 30.8 Å². The van der Waals surface area contributed by atoms with Gasteiger partial charge in [0.1, 0.15) is 0 Å². The maximum Gasteiger partial charge on any atom is 0.0597 e. The van der Waals surface area contributed by atoms with Crippen LogP contribution in [-0.4, -0.2) is 20.1 Å². The van der Waals surface area contributed by atoms with Crippen molar-refractivity contribution in [3.05, 3.63) is 23.8 Å². The first-order valence-corrected chi connectivity index (χ1v) is 4.42. The molecule has 0 spiro atoms. The molecule has 0 radical (unpaired) electrons. The SMILES string of the molecule is Cc1ccc(N(C)CCN)c(N)c1. The average molecular weight is 179 g/mol. The van der Waals surface area contributed by atoms with Gasteiger partial charge in [-0.3, -0.25) is 0 Å². The standard InChI is InChI=1S/C10H17N3/c1-8-3-4-10(9(12)7-8)13(2)6-5-11/h3-4,7H,5-6,11-12H2,1-2H3. The van der Waals surface area contributed by atoms with Crippen LogP contribution in [0.25, 0.3) is 0 Å². The Hall–Kier alpha value is -1.22. The van der Waals surface area contributed by atoms with Crippen molar-refractivity contribution >= 4 is 11.4 Å². The van der Waals surface area contributed by atoms with Crippen molar-refractivity contribution in [3.8, 4) is 0 Å². The molecule has 3 heteroatoms. The van der Waals surface area contributed by atoms with Gasteiger partial charge in [0.2, 0.25) is 0 Å². The van der Waals surface area contributed by atoms with Crippen LogP contribution in [0.5, 0.6) is 0 Å². The third kappa shape index (κ3) is 2.36. The lowest BCUT2D eigenvalue weighted by Gasteiger charge is -2.20. The number of nitrogens with two attached hydrogens (primary N) is 2. The molecule has 0 saturated carbocycles. The molecular formula is C10H17N3. The van der Waals surface area contributed by atoms with Crippen LogP contribution in [0.15, 0.2) is 18.2 Å². The van der Waals surface area contributed by atoms with Gasteiger partial charge in [0.05, 0.1) is 11.4 Å². The van der Waals surface area contributed by atoms with Crippen LogP contribution in [0, 0.1) is 6.92 Å². The number of hydrogen-bond acceptors (Lipinski definition) is 3. The molecular weight excluding hydrogens is 162 g/mol. The van der Waals surface area contributed by atoms with Gasteiger partial charge in [0.15, 0.2) is 0 Å². The molecule has 0 aromatic heterocycles. The molecule has 0 unspecified atom stereocenters. The molecule has 0 fully saturated rings. The second kappa shape index (κ2) is 4.14. The minimum Gasteiger partial charge on any atom is -0.397 e. The molecule has 1 aromatic carbocycles. The van der Waals surface area contributed by atoms with Gasteiger partial charge in [-0.2, -0.15) is 0 Å². The van der Waals surface area contributed by atoms with Gasteiger partial charge in [-0.05, 0) is 24.6 Å². The van der Waals surface area contributed by atoms with E-state index >= 15 is 0 Å². The first-order chi connectivity index (χ1) is 6.15. The van der Waals surface area contributed by atoms with Gasteiger partial charge in [-0.1, -0.05) is 6.07 Å². The number of benzene rings is 1. The summed E-state index contributed by atoms with van der Waals surface area (Å²) in [5.74, 6) is 0. The van der Waals surface area contributed by atoms with Crippen LogP contribution in [0.2, 0.25) is 0 Å². The Kier molecular flexibility index (Phi) is 3.14. The number of nitrogens with zero attached hydrogens (tertiary/aromatic N) is 1.